The van der Waals surface area contributed by atoms with Gasteiger partial charge in [0.05, 0.1) is 24.1 Å². The third-order valence-electron chi connectivity index (χ3n) is 5.46. The first kappa shape index (κ1) is 23.7. The number of hydrogen-bond donors (Lipinski definition) is 1. The van der Waals surface area contributed by atoms with Crippen molar-refractivity contribution in [3.8, 4) is 22.7 Å². The smallest absolute Gasteiger partial charge is 0.258 e. The minimum atomic E-state index is -0.391. The van der Waals surface area contributed by atoms with Crippen LogP contribution in [0, 0.1) is 5.82 Å². The van der Waals surface area contributed by atoms with Crippen molar-refractivity contribution >= 4 is 17.6 Å². The number of benzene rings is 3. The molecular weight excluding hydrogens is 447 g/mol. The Hall–Kier alpha value is -4.46. The Morgan fingerprint density at radius 1 is 1.00 bits per heavy atom. The van der Waals surface area contributed by atoms with Crippen LogP contribution in [0.2, 0.25) is 0 Å². The van der Waals surface area contributed by atoms with Crippen LogP contribution in [0.25, 0.3) is 16.9 Å². The number of nitrogens with one attached hydrogen (secondary N) is 1. The predicted molar refractivity (Wildman–Crippen MR) is 132 cm³/mol. The molecular formula is C27H25FN4O3. The zero-order valence-electron chi connectivity index (χ0n) is 19.4. The number of amides is 2. The monoisotopic (exact) mass is 472 g/mol. The summed E-state index contributed by atoms with van der Waals surface area (Å²) < 4.78 is 20.3. The molecule has 0 saturated heterocycles. The minimum Gasteiger partial charge on any atom is -0.496 e. The third kappa shape index (κ3) is 5.38. The van der Waals surface area contributed by atoms with Gasteiger partial charge in [0.25, 0.3) is 5.91 Å². The van der Waals surface area contributed by atoms with Crippen molar-refractivity contribution in [2.75, 3.05) is 25.5 Å². The number of rotatable bonds is 8. The van der Waals surface area contributed by atoms with Crippen LogP contribution in [0.15, 0.2) is 84.9 Å². The molecule has 4 rings (SSSR count). The van der Waals surface area contributed by atoms with Crippen LogP contribution in [0.4, 0.5) is 10.2 Å². The molecule has 0 atom stereocenters. The fourth-order valence-corrected chi connectivity index (χ4v) is 3.67. The molecule has 8 heteroatoms. The number of nitrogens with zero attached hydrogens (tertiary/aromatic N) is 3. The van der Waals surface area contributed by atoms with Crippen LogP contribution in [0.5, 0.6) is 5.75 Å². The molecule has 0 spiro atoms. The SMILES string of the molecule is CCN(CC(=O)Nc1cc(-c2ccccc2)nn1-c1ccc(F)cc1)C(=O)c1ccccc1OC. The number of carbonyl (C=O) groups excluding carboxylic acids is 2. The largest absolute Gasteiger partial charge is 0.496 e. The van der Waals surface area contributed by atoms with Crippen molar-refractivity contribution in [3.05, 3.63) is 96.3 Å². The molecule has 1 heterocycles. The first-order chi connectivity index (χ1) is 17.0. The molecule has 1 aromatic heterocycles. The Bertz CT molecular complexity index is 1320. The Balaban J connectivity index is 1.59. The van der Waals surface area contributed by atoms with Gasteiger partial charge in [-0.3, -0.25) is 9.59 Å². The molecule has 0 radical (unpaired) electrons. The Labute approximate surface area is 202 Å². The maximum Gasteiger partial charge on any atom is 0.258 e. The number of likely N-dealkylation sites (N-methyl/N-ethyl adjacent to an activating group) is 1. The average molecular weight is 473 g/mol. The van der Waals surface area contributed by atoms with Gasteiger partial charge in [0.2, 0.25) is 5.91 Å². The number of halogens is 1. The Morgan fingerprint density at radius 2 is 1.69 bits per heavy atom. The number of aromatic nitrogens is 2. The van der Waals surface area contributed by atoms with Crippen LogP contribution < -0.4 is 10.1 Å². The summed E-state index contributed by atoms with van der Waals surface area (Å²) >= 11 is 0. The summed E-state index contributed by atoms with van der Waals surface area (Å²) in [6, 6.07) is 24.0. The van der Waals surface area contributed by atoms with Gasteiger partial charge in [-0.25, -0.2) is 9.07 Å². The van der Waals surface area contributed by atoms with Crippen LogP contribution in [0.1, 0.15) is 17.3 Å². The van der Waals surface area contributed by atoms with E-state index in [1.807, 2.05) is 30.3 Å². The van der Waals surface area contributed by atoms with Crippen molar-refractivity contribution in [1.29, 1.82) is 0 Å². The second-order valence-electron chi connectivity index (χ2n) is 7.74. The topological polar surface area (TPSA) is 76.5 Å². The Kier molecular flexibility index (Phi) is 7.21. The van der Waals surface area contributed by atoms with E-state index in [9.17, 15) is 14.0 Å². The van der Waals surface area contributed by atoms with Crippen LogP contribution >= 0.6 is 0 Å². The number of carbonyl (C=O) groups is 2. The molecule has 0 unspecified atom stereocenters. The summed E-state index contributed by atoms with van der Waals surface area (Å²) in [5, 5.41) is 7.48. The molecule has 35 heavy (non-hydrogen) atoms. The number of para-hydroxylation sites is 1. The van der Waals surface area contributed by atoms with E-state index in [1.165, 1.54) is 28.8 Å². The highest BCUT2D eigenvalue weighted by Crippen LogP contribution is 2.25. The fourth-order valence-electron chi connectivity index (χ4n) is 3.67. The normalized spacial score (nSPS) is 10.6. The van der Waals surface area contributed by atoms with Crippen molar-refractivity contribution in [2.45, 2.75) is 6.92 Å². The standard InChI is InChI=1S/C27H25FN4O3/c1-3-31(27(34)22-11-7-8-12-24(22)35-2)18-26(33)29-25-17-23(19-9-5-4-6-10-19)30-32(25)21-15-13-20(28)14-16-21/h4-17H,3,18H2,1-2H3,(H,29,33). The summed E-state index contributed by atoms with van der Waals surface area (Å²) in [7, 11) is 1.50. The second-order valence-corrected chi connectivity index (χ2v) is 7.74. The van der Waals surface area contributed by atoms with E-state index >= 15 is 0 Å². The molecule has 4 aromatic rings. The summed E-state index contributed by atoms with van der Waals surface area (Å²) in [6.45, 7) is 1.97. The lowest BCUT2D eigenvalue weighted by atomic mass is 10.1. The maximum atomic E-state index is 13.5. The zero-order chi connectivity index (χ0) is 24.8. The van der Waals surface area contributed by atoms with Gasteiger partial charge in [-0.15, -0.1) is 0 Å². The van der Waals surface area contributed by atoms with E-state index in [0.717, 1.165) is 5.56 Å². The maximum absolute atomic E-state index is 13.5. The molecule has 178 valence electrons. The van der Waals surface area contributed by atoms with E-state index in [2.05, 4.69) is 10.4 Å². The van der Waals surface area contributed by atoms with E-state index in [-0.39, 0.29) is 18.3 Å². The van der Waals surface area contributed by atoms with Gasteiger partial charge in [0.1, 0.15) is 23.9 Å². The van der Waals surface area contributed by atoms with Crippen molar-refractivity contribution in [2.24, 2.45) is 0 Å². The summed E-state index contributed by atoms with van der Waals surface area (Å²) in [5.74, 6) is -0.224. The molecule has 1 N–H and O–H groups in total. The highest BCUT2D eigenvalue weighted by molar-refractivity contribution is 6.01. The Morgan fingerprint density at radius 3 is 2.37 bits per heavy atom. The van der Waals surface area contributed by atoms with Gasteiger partial charge in [-0.05, 0) is 43.3 Å². The molecule has 0 aliphatic carbocycles. The molecule has 0 aliphatic heterocycles. The lowest BCUT2D eigenvalue weighted by Gasteiger charge is -2.21. The van der Waals surface area contributed by atoms with Crippen LogP contribution in [-0.2, 0) is 4.79 Å². The third-order valence-corrected chi connectivity index (χ3v) is 5.46. The van der Waals surface area contributed by atoms with Gasteiger partial charge in [-0.1, -0.05) is 42.5 Å². The lowest BCUT2D eigenvalue weighted by molar-refractivity contribution is -0.116. The van der Waals surface area contributed by atoms with Gasteiger partial charge in [0, 0.05) is 18.2 Å². The van der Waals surface area contributed by atoms with E-state index in [1.54, 1.807) is 49.4 Å². The van der Waals surface area contributed by atoms with Gasteiger partial charge in [0.15, 0.2) is 0 Å². The second kappa shape index (κ2) is 10.6. The molecule has 0 fully saturated rings. The van der Waals surface area contributed by atoms with Crippen molar-refractivity contribution in [1.82, 2.24) is 14.7 Å². The van der Waals surface area contributed by atoms with Gasteiger partial charge >= 0.3 is 0 Å². The molecule has 3 aromatic carbocycles. The zero-order valence-corrected chi connectivity index (χ0v) is 19.4. The van der Waals surface area contributed by atoms with Gasteiger partial charge < -0.3 is 15.0 Å². The highest BCUT2D eigenvalue weighted by atomic mass is 19.1. The van der Waals surface area contributed by atoms with Crippen molar-refractivity contribution in [3.63, 3.8) is 0 Å². The number of methoxy groups -OCH3 is 1. The minimum absolute atomic E-state index is 0.164. The van der Waals surface area contributed by atoms with Gasteiger partial charge in [-0.2, -0.15) is 5.10 Å². The highest BCUT2D eigenvalue weighted by Gasteiger charge is 2.22. The molecule has 2 amide bonds. The molecule has 0 saturated carbocycles. The first-order valence-electron chi connectivity index (χ1n) is 11.1. The van der Waals surface area contributed by atoms with E-state index in [4.69, 9.17) is 4.74 Å². The van der Waals surface area contributed by atoms with Crippen molar-refractivity contribution < 1.29 is 18.7 Å². The number of ether oxygens (including phenoxy) is 1. The number of anilines is 1. The summed E-state index contributed by atoms with van der Waals surface area (Å²) in [6.07, 6.45) is 0. The first-order valence-corrected chi connectivity index (χ1v) is 11.1. The lowest BCUT2D eigenvalue weighted by Crippen LogP contribution is -2.38. The average Bonchev–Trinajstić information content (AvgIpc) is 3.31. The van der Waals surface area contributed by atoms with Crippen LogP contribution in [0.3, 0.4) is 0 Å². The van der Waals surface area contributed by atoms with Crippen LogP contribution in [-0.4, -0.2) is 46.7 Å². The molecule has 0 aliphatic rings. The quantitative estimate of drug-likeness (QED) is 0.400. The predicted octanol–water partition coefficient (Wildman–Crippen LogP) is 4.79. The number of hydrogen-bond acceptors (Lipinski definition) is 4. The molecule has 0 bridgehead atoms. The molecule has 7 nitrogen and oxygen atoms in total. The van der Waals surface area contributed by atoms with E-state index in [0.29, 0.717) is 35.1 Å². The summed E-state index contributed by atoms with van der Waals surface area (Å²) in [5.41, 5.74) is 2.47. The van der Waals surface area contributed by atoms with E-state index < -0.39 is 5.91 Å². The summed E-state index contributed by atoms with van der Waals surface area (Å²) in [4.78, 5) is 27.5. The fraction of sp³-hybridized carbons (Fsp3) is 0.148.